The molecule has 0 aliphatic heterocycles. The van der Waals surface area contributed by atoms with Crippen LogP contribution in [-0.4, -0.2) is 7.11 Å². The van der Waals surface area contributed by atoms with Gasteiger partial charge in [0.25, 0.3) is 0 Å². The van der Waals surface area contributed by atoms with Crippen LogP contribution < -0.4 is 10.5 Å². The molecule has 2 rings (SSSR count). The number of methoxy groups -OCH3 is 1. The van der Waals surface area contributed by atoms with Gasteiger partial charge in [0.05, 0.1) is 17.2 Å². The van der Waals surface area contributed by atoms with Gasteiger partial charge in [-0.25, -0.2) is 0 Å². The molecule has 2 N–H and O–H groups in total. The third-order valence-electron chi connectivity index (χ3n) is 2.64. The van der Waals surface area contributed by atoms with Gasteiger partial charge in [0.15, 0.2) is 0 Å². The molecule has 100 valence electrons. The summed E-state index contributed by atoms with van der Waals surface area (Å²) >= 11 is 13.7. The van der Waals surface area contributed by atoms with E-state index >= 15 is 0 Å². The summed E-state index contributed by atoms with van der Waals surface area (Å²) in [5, 5.41) is 1.16. The monoisotopic (exact) mass is 313 g/mol. The molecule has 0 bridgehead atoms. The first-order valence-electron chi connectivity index (χ1n) is 5.61. The van der Waals surface area contributed by atoms with Gasteiger partial charge < -0.3 is 10.5 Å². The van der Waals surface area contributed by atoms with E-state index in [9.17, 15) is 0 Å². The number of ether oxygens (including phenoxy) is 1. The lowest BCUT2D eigenvalue weighted by Crippen LogP contribution is -1.91. The van der Waals surface area contributed by atoms with Gasteiger partial charge in [0.1, 0.15) is 5.75 Å². The molecule has 0 spiro atoms. The van der Waals surface area contributed by atoms with Crippen LogP contribution in [0.5, 0.6) is 5.75 Å². The zero-order valence-corrected chi connectivity index (χ0v) is 12.6. The summed E-state index contributed by atoms with van der Waals surface area (Å²) < 4.78 is 5.19. The molecule has 0 saturated heterocycles. The fraction of sp³-hybridized carbons (Fsp3) is 0.143. The molecule has 0 radical (unpaired) electrons. The van der Waals surface area contributed by atoms with Crippen molar-refractivity contribution < 1.29 is 4.74 Å². The van der Waals surface area contributed by atoms with Gasteiger partial charge in [-0.1, -0.05) is 35.3 Å². The average Bonchev–Trinajstić information content (AvgIpc) is 2.42. The van der Waals surface area contributed by atoms with Crippen LogP contribution in [0, 0.1) is 0 Å². The number of rotatable bonds is 4. The molecule has 0 aromatic heterocycles. The molecule has 2 aromatic rings. The highest BCUT2D eigenvalue weighted by molar-refractivity contribution is 7.98. The lowest BCUT2D eigenvalue weighted by Gasteiger charge is -2.09. The van der Waals surface area contributed by atoms with Crippen molar-refractivity contribution in [3.05, 3.63) is 52.0 Å². The van der Waals surface area contributed by atoms with Crippen LogP contribution in [0.1, 0.15) is 5.56 Å². The van der Waals surface area contributed by atoms with Crippen molar-refractivity contribution in [2.45, 2.75) is 10.6 Å². The van der Waals surface area contributed by atoms with Crippen molar-refractivity contribution in [2.75, 3.05) is 12.8 Å². The van der Waals surface area contributed by atoms with Gasteiger partial charge in [-0.3, -0.25) is 0 Å². The Morgan fingerprint density at radius 1 is 1.21 bits per heavy atom. The smallest absolute Gasteiger partial charge is 0.120 e. The topological polar surface area (TPSA) is 35.2 Å². The molecule has 0 unspecified atom stereocenters. The van der Waals surface area contributed by atoms with Crippen molar-refractivity contribution >= 4 is 40.7 Å². The summed E-state index contributed by atoms with van der Waals surface area (Å²) in [6, 6.07) is 11.2. The third-order valence-corrected chi connectivity index (χ3v) is 4.61. The van der Waals surface area contributed by atoms with Crippen molar-refractivity contribution in [1.82, 2.24) is 0 Å². The average molecular weight is 314 g/mol. The van der Waals surface area contributed by atoms with Crippen LogP contribution in [0.2, 0.25) is 10.0 Å². The zero-order chi connectivity index (χ0) is 13.8. The first-order valence-corrected chi connectivity index (χ1v) is 7.35. The number of nitrogens with two attached hydrogens (primary N) is 1. The molecule has 2 nitrogen and oxygen atoms in total. The van der Waals surface area contributed by atoms with Crippen molar-refractivity contribution in [3.63, 3.8) is 0 Å². The molecule has 0 amide bonds. The second-order valence-corrected chi connectivity index (χ2v) is 5.71. The normalized spacial score (nSPS) is 10.5. The Bertz CT molecular complexity index is 590. The Labute approximate surface area is 126 Å². The number of anilines is 1. The van der Waals surface area contributed by atoms with E-state index in [-0.39, 0.29) is 0 Å². The molecular formula is C14H13Cl2NOS. The lowest BCUT2D eigenvalue weighted by atomic mass is 10.2. The number of benzene rings is 2. The maximum absolute atomic E-state index is 6.16. The molecule has 0 fully saturated rings. The minimum atomic E-state index is 0.568. The number of halogens is 2. The quantitative estimate of drug-likeness (QED) is 0.645. The maximum Gasteiger partial charge on any atom is 0.120 e. The SMILES string of the molecule is COc1ccc(N)c(SCc2cccc(Cl)c2Cl)c1. The predicted octanol–water partition coefficient (Wildman–Crippen LogP) is 4.88. The van der Waals surface area contributed by atoms with Gasteiger partial charge in [-0.15, -0.1) is 11.8 Å². The van der Waals surface area contributed by atoms with E-state index in [1.165, 1.54) is 0 Å². The zero-order valence-electron chi connectivity index (χ0n) is 10.3. The van der Waals surface area contributed by atoms with E-state index in [2.05, 4.69) is 0 Å². The Balaban J connectivity index is 2.16. The first kappa shape index (κ1) is 14.4. The third kappa shape index (κ3) is 3.50. The molecule has 0 aliphatic rings. The summed E-state index contributed by atoms with van der Waals surface area (Å²) in [6.07, 6.45) is 0. The molecular weight excluding hydrogens is 301 g/mol. The minimum absolute atomic E-state index is 0.568. The fourth-order valence-electron chi connectivity index (χ4n) is 1.58. The highest BCUT2D eigenvalue weighted by Gasteiger charge is 2.07. The fourth-order valence-corrected chi connectivity index (χ4v) is 3.03. The summed E-state index contributed by atoms with van der Waals surface area (Å²) in [5.41, 5.74) is 7.65. The summed E-state index contributed by atoms with van der Waals surface area (Å²) in [7, 11) is 1.63. The van der Waals surface area contributed by atoms with Gasteiger partial charge in [-0.2, -0.15) is 0 Å². The van der Waals surface area contributed by atoms with E-state index in [0.717, 1.165) is 21.9 Å². The molecule has 0 heterocycles. The molecule has 19 heavy (non-hydrogen) atoms. The molecule has 5 heteroatoms. The van der Waals surface area contributed by atoms with E-state index in [1.54, 1.807) is 24.9 Å². The van der Waals surface area contributed by atoms with Crippen molar-refractivity contribution in [2.24, 2.45) is 0 Å². The second kappa shape index (κ2) is 6.42. The molecule has 2 aromatic carbocycles. The van der Waals surface area contributed by atoms with Crippen molar-refractivity contribution in [1.29, 1.82) is 0 Å². The maximum atomic E-state index is 6.16. The Kier molecular flexibility index (Phi) is 4.86. The summed E-state index contributed by atoms with van der Waals surface area (Å²) in [5.74, 6) is 1.49. The Morgan fingerprint density at radius 3 is 2.74 bits per heavy atom. The predicted molar refractivity (Wildman–Crippen MR) is 83.4 cm³/mol. The van der Waals surface area contributed by atoms with E-state index < -0.39 is 0 Å². The lowest BCUT2D eigenvalue weighted by molar-refractivity contribution is 0.414. The second-order valence-electron chi connectivity index (χ2n) is 3.91. The first-order chi connectivity index (χ1) is 9.11. The summed E-state index contributed by atoms with van der Waals surface area (Å²) in [6.45, 7) is 0. The van der Waals surface area contributed by atoms with Crippen LogP contribution in [0.25, 0.3) is 0 Å². The highest BCUT2D eigenvalue weighted by Crippen LogP contribution is 2.34. The molecule has 0 aliphatic carbocycles. The number of hydrogen-bond acceptors (Lipinski definition) is 3. The molecule has 0 atom stereocenters. The van der Waals surface area contributed by atoms with E-state index in [1.807, 2.05) is 30.3 Å². The number of nitrogen functional groups attached to an aromatic ring is 1. The van der Waals surface area contributed by atoms with E-state index in [0.29, 0.717) is 15.8 Å². The van der Waals surface area contributed by atoms with Crippen molar-refractivity contribution in [3.8, 4) is 5.75 Å². The van der Waals surface area contributed by atoms with Gasteiger partial charge in [0, 0.05) is 16.3 Å². The van der Waals surface area contributed by atoms with Crippen LogP contribution in [0.15, 0.2) is 41.3 Å². The van der Waals surface area contributed by atoms with Gasteiger partial charge >= 0.3 is 0 Å². The summed E-state index contributed by atoms with van der Waals surface area (Å²) in [4.78, 5) is 0.968. The Hall–Kier alpha value is -1.03. The van der Waals surface area contributed by atoms with Gasteiger partial charge in [-0.05, 0) is 29.8 Å². The van der Waals surface area contributed by atoms with Crippen LogP contribution in [0.3, 0.4) is 0 Å². The largest absolute Gasteiger partial charge is 0.497 e. The number of hydrogen-bond donors (Lipinski definition) is 1. The van der Waals surface area contributed by atoms with E-state index in [4.69, 9.17) is 33.7 Å². The Morgan fingerprint density at radius 2 is 2.00 bits per heavy atom. The van der Waals surface area contributed by atoms with Crippen LogP contribution >= 0.6 is 35.0 Å². The van der Waals surface area contributed by atoms with Gasteiger partial charge in [0.2, 0.25) is 0 Å². The highest BCUT2D eigenvalue weighted by atomic mass is 35.5. The number of thioether (sulfide) groups is 1. The minimum Gasteiger partial charge on any atom is -0.497 e. The van der Waals surface area contributed by atoms with Crippen LogP contribution in [-0.2, 0) is 5.75 Å². The standard InChI is InChI=1S/C14H13Cl2NOS/c1-18-10-5-6-12(17)13(7-10)19-8-9-3-2-4-11(15)14(9)16/h2-7H,8,17H2,1H3. The van der Waals surface area contributed by atoms with Crippen LogP contribution in [0.4, 0.5) is 5.69 Å². The molecule has 0 saturated carbocycles.